The Balaban J connectivity index is 1.99. The van der Waals surface area contributed by atoms with Gasteiger partial charge in [-0.15, -0.1) is 0 Å². The third-order valence-electron chi connectivity index (χ3n) is 4.49. The lowest BCUT2D eigenvalue weighted by Gasteiger charge is -2.27. The molecule has 0 atom stereocenters. The molecule has 1 fully saturated rings. The van der Waals surface area contributed by atoms with Crippen molar-refractivity contribution in [1.29, 1.82) is 0 Å². The second kappa shape index (κ2) is 6.23. The SMILES string of the molecule is Cc1cc(C)c2c(c1)c(C)cc(=O)n2CCN1CCOCC1. The smallest absolute Gasteiger partial charge is 0.251 e. The summed E-state index contributed by atoms with van der Waals surface area (Å²) in [5.74, 6) is 0. The zero-order valence-corrected chi connectivity index (χ0v) is 13.7. The number of hydrogen-bond acceptors (Lipinski definition) is 3. The van der Waals surface area contributed by atoms with Gasteiger partial charge in [-0.2, -0.15) is 0 Å². The van der Waals surface area contributed by atoms with Gasteiger partial charge in [0.2, 0.25) is 0 Å². The molecule has 0 N–H and O–H groups in total. The maximum absolute atomic E-state index is 12.5. The van der Waals surface area contributed by atoms with Crippen LogP contribution in [0.4, 0.5) is 0 Å². The summed E-state index contributed by atoms with van der Waals surface area (Å²) in [6, 6.07) is 6.11. The first-order chi connectivity index (χ1) is 10.6. The predicted molar refractivity (Wildman–Crippen MR) is 89.7 cm³/mol. The number of benzene rings is 1. The third-order valence-corrected chi connectivity index (χ3v) is 4.49. The maximum atomic E-state index is 12.5. The number of hydrogen-bond donors (Lipinski definition) is 0. The van der Waals surface area contributed by atoms with Crippen molar-refractivity contribution >= 4 is 10.9 Å². The summed E-state index contributed by atoms with van der Waals surface area (Å²) in [4.78, 5) is 14.8. The van der Waals surface area contributed by atoms with Gasteiger partial charge in [0, 0.05) is 37.6 Å². The Bertz CT molecular complexity index is 743. The summed E-state index contributed by atoms with van der Waals surface area (Å²) in [7, 11) is 0. The zero-order chi connectivity index (χ0) is 15.7. The molecule has 1 saturated heterocycles. The summed E-state index contributed by atoms with van der Waals surface area (Å²) in [6.45, 7) is 11.4. The molecule has 3 rings (SSSR count). The summed E-state index contributed by atoms with van der Waals surface area (Å²) < 4.78 is 7.32. The van der Waals surface area contributed by atoms with E-state index in [9.17, 15) is 4.79 Å². The lowest BCUT2D eigenvalue weighted by molar-refractivity contribution is 0.0364. The fourth-order valence-corrected chi connectivity index (χ4v) is 3.36. The first-order valence-corrected chi connectivity index (χ1v) is 7.98. The van der Waals surface area contributed by atoms with E-state index in [4.69, 9.17) is 4.74 Å². The minimum atomic E-state index is 0.102. The molecule has 0 spiro atoms. The molecule has 0 amide bonds. The van der Waals surface area contributed by atoms with E-state index in [-0.39, 0.29) is 5.56 Å². The summed E-state index contributed by atoms with van der Waals surface area (Å²) in [5, 5.41) is 1.19. The number of aryl methyl sites for hydroxylation is 3. The van der Waals surface area contributed by atoms with Crippen LogP contribution in [0, 0.1) is 20.8 Å². The van der Waals surface area contributed by atoms with Crippen LogP contribution in [0.5, 0.6) is 0 Å². The number of fused-ring (bicyclic) bond motifs is 1. The third kappa shape index (κ3) is 2.94. The Morgan fingerprint density at radius 3 is 2.45 bits per heavy atom. The van der Waals surface area contributed by atoms with Crippen molar-refractivity contribution in [2.24, 2.45) is 0 Å². The number of pyridine rings is 1. The molecule has 22 heavy (non-hydrogen) atoms. The highest BCUT2D eigenvalue weighted by molar-refractivity contribution is 5.86. The van der Waals surface area contributed by atoms with E-state index in [1.54, 1.807) is 6.07 Å². The molecule has 1 aromatic carbocycles. The minimum absolute atomic E-state index is 0.102. The van der Waals surface area contributed by atoms with Gasteiger partial charge in [0.05, 0.1) is 18.7 Å². The Morgan fingerprint density at radius 1 is 1.00 bits per heavy atom. The number of aromatic nitrogens is 1. The van der Waals surface area contributed by atoms with E-state index in [1.165, 1.54) is 16.5 Å². The molecule has 1 aliphatic rings. The number of rotatable bonds is 3. The molecule has 1 aromatic heterocycles. The van der Waals surface area contributed by atoms with E-state index in [1.807, 2.05) is 11.5 Å². The Morgan fingerprint density at radius 2 is 1.73 bits per heavy atom. The standard InChI is InChI=1S/C18H24N2O2/c1-13-10-15(3)18-16(11-13)14(2)12-17(21)20(18)5-4-19-6-8-22-9-7-19/h10-12H,4-9H2,1-3H3. The minimum Gasteiger partial charge on any atom is -0.379 e. The first-order valence-electron chi connectivity index (χ1n) is 7.98. The maximum Gasteiger partial charge on any atom is 0.251 e. The van der Waals surface area contributed by atoms with Crippen LogP contribution < -0.4 is 5.56 Å². The van der Waals surface area contributed by atoms with Crippen LogP contribution in [0.25, 0.3) is 10.9 Å². The van der Waals surface area contributed by atoms with Crippen LogP contribution in [0.3, 0.4) is 0 Å². The molecule has 1 aliphatic heterocycles. The van der Waals surface area contributed by atoms with Gasteiger partial charge in [-0.1, -0.05) is 11.6 Å². The molecule has 0 saturated carbocycles. The Labute approximate surface area is 131 Å². The van der Waals surface area contributed by atoms with Crippen LogP contribution in [0.1, 0.15) is 16.7 Å². The zero-order valence-electron chi connectivity index (χ0n) is 13.7. The Kier molecular flexibility index (Phi) is 4.32. The van der Waals surface area contributed by atoms with E-state index in [0.29, 0.717) is 0 Å². The molecule has 2 heterocycles. The lowest BCUT2D eigenvalue weighted by atomic mass is 10.0. The molecule has 0 unspecified atom stereocenters. The Hall–Kier alpha value is -1.65. The topological polar surface area (TPSA) is 34.5 Å². The van der Waals surface area contributed by atoms with E-state index in [2.05, 4.69) is 30.9 Å². The van der Waals surface area contributed by atoms with Crippen LogP contribution in [-0.2, 0) is 11.3 Å². The molecule has 118 valence electrons. The largest absolute Gasteiger partial charge is 0.379 e. The van der Waals surface area contributed by atoms with E-state index >= 15 is 0 Å². The normalized spacial score (nSPS) is 16.3. The number of morpholine rings is 1. The molecule has 0 aliphatic carbocycles. The second-order valence-electron chi connectivity index (χ2n) is 6.25. The number of ether oxygens (including phenoxy) is 1. The van der Waals surface area contributed by atoms with Crippen molar-refractivity contribution in [2.75, 3.05) is 32.8 Å². The molecule has 0 radical (unpaired) electrons. The number of nitrogens with zero attached hydrogens (tertiary/aromatic N) is 2. The van der Waals surface area contributed by atoms with Crippen molar-refractivity contribution in [3.05, 3.63) is 45.2 Å². The first kappa shape index (κ1) is 15.3. The fourth-order valence-electron chi connectivity index (χ4n) is 3.36. The highest BCUT2D eigenvalue weighted by Crippen LogP contribution is 2.22. The lowest BCUT2D eigenvalue weighted by Crippen LogP contribution is -2.39. The van der Waals surface area contributed by atoms with Crippen molar-refractivity contribution in [3.63, 3.8) is 0 Å². The predicted octanol–water partition coefficient (Wildman–Crippen LogP) is 2.26. The van der Waals surface area contributed by atoms with Gasteiger partial charge < -0.3 is 9.30 Å². The summed E-state index contributed by atoms with van der Waals surface area (Å²) in [6.07, 6.45) is 0. The van der Waals surface area contributed by atoms with Gasteiger partial charge in [-0.25, -0.2) is 0 Å². The van der Waals surface area contributed by atoms with Crippen LogP contribution in [-0.4, -0.2) is 42.3 Å². The molecule has 2 aromatic rings. The summed E-state index contributed by atoms with van der Waals surface area (Å²) in [5.41, 5.74) is 4.67. The van der Waals surface area contributed by atoms with Gasteiger partial charge in [-0.3, -0.25) is 9.69 Å². The van der Waals surface area contributed by atoms with Gasteiger partial charge in [0.15, 0.2) is 0 Å². The van der Waals surface area contributed by atoms with Crippen molar-refractivity contribution in [2.45, 2.75) is 27.3 Å². The highest BCUT2D eigenvalue weighted by atomic mass is 16.5. The fraction of sp³-hybridized carbons (Fsp3) is 0.500. The monoisotopic (exact) mass is 300 g/mol. The average molecular weight is 300 g/mol. The van der Waals surface area contributed by atoms with Gasteiger partial charge in [-0.05, 0) is 38.0 Å². The van der Waals surface area contributed by atoms with Crippen LogP contribution in [0.15, 0.2) is 23.0 Å². The van der Waals surface area contributed by atoms with Crippen LogP contribution >= 0.6 is 0 Å². The molecular formula is C18H24N2O2. The molecular weight excluding hydrogens is 276 g/mol. The highest BCUT2D eigenvalue weighted by Gasteiger charge is 2.13. The van der Waals surface area contributed by atoms with Crippen LogP contribution in [0.2, 0.25) is 0 Å². The second-order valence-corrected chi connectivity index (χ2v) is 6.25. The molecule has 4 heteroatoms. The molecule has 0 bridgehead atoms. The molecule has 4 nitrogen and oxygen atoms in total. The van der Waals surface area contributed by atoms with Gasteiger partial charge >= 0.3 is 0 Å². The van der Waals surface area contributed by atoms with Crippen molar-refractivity contribution < 1.29 is 4.74 Å². The van der Waals surface area contributed by atoms with Crippen molar-refractivity contribution in [3.8, 4) is 0 Å². The quantitative estimate of drug-likeness (QED) is 0.872. The van der Waals surface area contributed by atoms with Gasteiger partial charge in [0.1, 0.15) is 0 Å². The summed E-state index contributed by atoms with van der Waals surface area (Å²) >= 11 is 0. The van der Waals surface area contributed by atoms with E-state index in [0.717, 1.165) is 50.5 Å². The van der Waals surface area contributed by atoms with Gasteiger partial charge in [0.25, 0.3) is 5.56 Å². The van der Waals surface area contributed by atoms with E-state index < -0.39 is 0 Å². The average Bonchev–Trinajstić information content (AvgIpc) is 2.48. The van der Waals surface area contributed by atoms with Crippen molar-refractivity contribution in [1.82, 2.24) is 9.47 Å².